The molecule has 0 N–H and O–H groups in total. The van der Waals surface area contributed by atoms with Crippen molar-refractivity contribution in [3.63, 3.8) is 0 Å². The van der Waals surface area contributed by atoms with Crippen molar-refractivity contribution in [2.24, 2.45) is 0 Å². The second-order valence-corrected chi connectivity index (χ2v) is 15.8. The zero-order valence-corrected chi connectivity index (χ0v) is 35.7. The summed E-state index contributed by atoms with van der Waals surface area (Å²) >= 11 is 13.0. The molecule has 0 unspecified atom stereocenters. The summed E-state index contributed by atoms with van der Waals surface area (Å²) in [7, 11) is 4.61. The van der Waals surface area contributed by atoms with Crippen LogP contribution in [0.4, 0.5) is 0 Å². The van der Waals surface area contributed by atoms with Crippen molar-refractivity contribution in [2.45, 2.75) is 49.9 Å². The summed E-state index contributed by atoms with van der Waals surface area (Å²) in [6, 6.07) is 19.5. The van der Waals surface area contributed by atoms with Crippen molar-refractivity contribution in [1.29, 1.82) is 0 Å². The molecule has 6 rings (SSSR count). The van der Waals surface area contributed by atoms with Crippen LogP contribution in [-0.4, -0.2) is 131 Å². The average Bonchev–Trinajstić information content (AvgIpc) is 3.68. The molecule has 3 fully saturated rings. The van der Waals surface area contributed by atoms with E-state index in [-0.39, 0.29) is 35.6 Å². The zero-order valence-electron chi connectivity index (χ0n) is 33.4. The molecule has 3 saturated heterocycles. The largest absolute Gasteiger partial charge is 0.493 e. The van der Waals surface area contributed by atoms with Gasteiger partial charge in [-0.05, 0) is 87.6 Å². The summed E-state index contributed by atoms with van der Waals surface area (Å²) in [6.45, 7) is 8.99. The molecule has 0 spiro atoms. The second kappa shape index (κ2) is 19.8. The van der Waals surface area contributed by atoms with E-state index in [4.69, 9.17) is 42.1 Å². The van der Waals surface area contributed by atoms with Crippen LogP contribution in [0.2, 0.25) is 10.0 Å². The van der Waals surface area contributed by atoms with Crippen LogP contribution < -0.4 is 14.2 Å². The number of carbonyl (C=O) groups excluding carboxylic acids is 3. The third-order valence-electron chi connectivity index (χ3n) is 12.0. The first-order chi connectivity index (χ1) is 27.1. The number of benzene rings is 3. The highest BCUT2D eigenvalue weighted by Gasteiger charge is 2.47. The first kappa shape index (κ1) is 44.4. The molecule has 14 heteroatoms. The number of hydrogen-bond donors (Lipinski definition) is 0. The van der Waals surface area contributed by atoms with Gasteiger partial charge in [-0.25, -0.2) is 0 Å². The molecule has 0 aromatic heterocycles. The van der Waals surface area contributed by atoms with Crippen LogP contribution in [0.25, 0.3) is 0 Å². The number of amides is 2. The number of methoxy groups -OCH3 is 3. The predicted molar refractivity (Wildman–Crippen MR) is 225 cm³/mol. The van der Waals surface area contributed by atoms with Gasteiger partial charge in [-0.3, -0.25) is 19.3 Å². The molecule has 3 aliphatic rings. The van der Waals surface area contributed by atoms with Gasteiger partial charge in [0.15, 0.2) is 11.5 Å². The van der Waals surface area contributed by atoms with Gasteiger partial charge in [0.1, 0.15) is 0 Å². The lowest BCUT2D eigenvalue weighted by atomic mass is 9.71. The van der Waals surface area contributed by atoms with E-state index in [0.717, 1.165) is 56.7 Å². The molecule has 0 aliphatic carbocycles. The van der Waals surface area contributed by atoms with Crippen LogP contribution >= 0.6 is 35.6 Å². The topological polar surface area (TPSA) is 101 Å². The van der Waals surface area contributed by atoms with Gasteiger partial charge in [-0.2, -0.15) is 0 Å². The SMILES string of the molecule is CCOC(=O)CCN1CCN(C(=O)C2(c3ccccc3)CCN(CC[C@]3(c4ccc(Cl)c(Cl)c4)CCN(C(=O)c4cc(OC)c(OC)c(OC)c4)C3)CC2)CC1.Cl. The first-order valence-electron chi connectivity index (χ1n) is 19.6. The maximum absolute atomic E-state index is 14.6. The predicted octanol–water partition coefficient (Wildman–Crippen LogP) is 6.75. The minimum atomic E-state index is -0.608. The number of piperazine rings is 1. The van der Waals surface area contributed by atoms with Gasteiger partial charge < -0.3 is 33.6 Å². The maximum Gasteiger partial charge on any atom is 0.307 e. The Labute approximate surface area is 352 Å². The summed E-state index contributed by atoms with van der Waals surface area (Å²) in [4.78, 5) is 49.2. The fraction of sp³-hybridized carbons (Fsp3) is 0.512. The number of piperidine rings is 1. The molecule has 0 saturated carbocycles. The number of likely N-dealkylation sites (tertiary alicyclic amines) is 2. The number of carbonyl (C=O) groups is 3. The van der Waals surface area contributed by atoms with Crippen LogP contribution in [0, 0.1) is 0 Å². The van der Waals surface area contributed by atoms with Crippen molar-refractivity contribution in [3.05, 3.63) is 87.4 Å². The van der Waals surface area contributed by atoms with Crippen molar-refractivity contribution in [2.75, 3.05) is 93.4 Å². The van der Waals surface area contributed by atoms with Crippen molar-refractivity contribution >= 4 is 53.4 Å². The monoisotopic (exact) mass is 844 g/mol. The van der Waals surface area contributed by atoms with Gasteiger partial charge in [-0.15, -0.1) is 12.4 Å². The Bertz CT molecular complexity index is 1830. The lowest BCUT2D eigenvalue weighted by molar-refractivity contribution is -0.145. The van der Waals surface area contributed by atoms with Crippen molar-refractivity contribution in [1.82, 2.24) is 19.6 Å². The van der Waals surface area contributed by atoms with E-state index in [1.165, 1.54) is 21.3 Å². The van der Waals surface area contributed by atoms with Crippen LogP contribution in [0.5, 0.6) is 17.2 Å². The van der Waals surface area contributed by atoms with Crippen LogP contribution in [0.15, 0.2) is 60.7 Å². The molecule has 0 bridgehead atoms. The number of ether oxygens (including phenoxy) is 4. The Balaban J connectivity index is 0.00000620. The minimum Gasteiger partial charge on any atom is -0.493 e. The Morgan fingerprint density at radius 3 is 1.95 bits per heavy atom. The standard InChI is InChI=1S/C43H54Cl2N4O7.ClH/c1-5-56-38(50)13-18-46-23-25-48(26-24-46)41(52)43(32-9-7-6-8-10-32)16-20-47(21-17-43)19-14-42(33-11-12-34(44)35(45)29-33)15-22-49(30-42)40(51)31-27-36(53-2)39(55-4)37(28-31)54-3;/h6-12,27-29H,5,13-26,30H2,1-4H3;1H/t42-;/m0./s1. The minimum absolute atomic E-state index is 0. The van der Waals surface area contributed by atoms with E-state index in [1.807, 2.05) is 53.1 Å². The van der Waals surface area contributed by atoms with E-state index < -0.39 is 5.41 Å². The molecular weight excluding hydrogens is 791 g/mol. The molecule has 3 aromatic carbocycles. The molecule has 57 heavy (non-hydrogen) atoms. The van der Waals surface area contributed by atoms with E-state index >= 15 is 0 Å². The van der Waals surface area contributed by atoms with E-state index in [1.54, 1.807) is 12.1 Å². The number of hydrogen-bond acceptors (Lipinski definition) is 9. The van der Waals surface area contributed by atoms with Crippen LogP contribution in [-0.2, 0) is 25.2 Å². The number of halogens is 3. The molecule has 1 atom stereocenters. The third kappa shape index (κ3) is 9.77. The normalized spacial score (nSPS) is 19.8. The van der Waals surface area contributed by atoms with Gasteiger partial charge in [0.25, 0.3) is 5.91 Å². The zero-order chi connectivity index (χ0) is 39.9. The van der Waals surface area contributed by atoms with E-state index in [9.17, 15) is 14.4 Å². The molecule has 3 heterocycles. The fourth-order valence-corrected chi connectivity index (χ4v) is 9.01. The van der Waals surface area contributed by atoms with Gasteiger partial charge in [-0.1, -0.05) is 59.6 Å². The smallest absolute Gasteiger partial charge is 0.307 e. The summed E-state index contributed by atoms with van der Waals surface area (Å²) < 4.78 is 21.7. The molecular formula is C43H55Cl3N4O7. The van der Waals surface area contributed by atoms with E-state index in [0.29, 0.717) is 91.5 Å². The van der Waals surface area contributed by atoms with Crippen molar-refractivity contribution < 1.29 is 33.3 Å². The maximum atomic E-state index is 14.6. The summed E-state index contributed by atoms with van der Waals surface area (Å²) in [5, 5.41) is 0.979. The number of nitrogens with zero attached hydrogens (tertiary/aromatic N) is 4. The Hall–Kier alpha value is -3.74. The summed E-state index contributed by atoms with van der Waals surface area (Å²) in [5.41, 5.74) is 1.61. The molecule has 2 amide bonds. The number of esters is 1. The lowest BCUT2D eigenvalue weighted by Crippen LogP contribution is -2.57. The molecule has 310 valence electrons. The second-order valence-electron chi connectivity index (χ2n) is 15.0. The highest BCUT2D eigenvalue weighted by atomic mass is 35.5. The lowest BCUT2D eigenvalue weighted by Gasteiger charge is -2.46. The summed E-state index contributed by atoms with van der Waals surface area (Å²) in [5.74, 6) is 1.18. The van der Waals surface area contributed by atoms with E-state index in [2.05, 4.69) is 21.9 Å². The summed E-state index contributed by atoms with van der Waals surface area (Å²) in [6.07, 6.45) is 3.34. The van der Waals surface area contributed by atoms with Gasteiger partial charge in [0.05, 0.1) is 49.8 Å². The molecule has 0 radical (unpaired) electrons. The Morgan fingerprint density at radius 1 is 0.702 bits per heavy atom. The quantitative estimate of drug-likeness (QED) is 0.163. The van der Waals surface area contributed by atoms with Crippen molar-refractivity contribution in [3.8, 4) is 17.2 Å². The number of rotatable bonds is 14. The van der Waals surface area contributed by atoms with Gasteiger partial charge in [0, 0.05) is 56.8 Å². The first-order valence-corrected chi connectivity index (χ1v) is 20.3. The van der Waals surface area contributed by atoms with Crippen LogP contribution in [0.3, 0.4) is 0 Å². The van der Waals surface area contributed by atoms with Crippen LogP contribution in [0.1, 0.15) is 60.5 Å². The molecule has 11 nitrogen and oxygen atoms in total. The van der Waals surface area contributed by atoms with Gasteiger partial charge in [0.2, 0.25) is 11.7 Å². The highest BCUT2D eigenvalue weighted by Crippen LogP contribution is 2.44. The highest BCUT2D eigenvalue weighted by molar-refractivity contribution is 6.42. The average molecular weight is 846 g/mol. The molecule has 3 aromatic rings. The fourth-order valence-electron chi connectivity index (χ4n) is 8.72. The Morgan fingerprint density at radius 2 is 1.35 bits per heavy atom. The molecule has 3 aliphatic heterocycles. The Kier molecular flexibility index (Phi) is 15.4. The third-order valence-corrected chi connectivity index (χ3v) is 12.8. The van der Waals surface area contributed by atoms with Gasteiger partial charge >= 0.3 is 5.97 Å².